The minimum atomic E-state index is -0.281. The van der Waals surface area contributed by atoms with Crippen molar-refractivity contribution in [2.24, 2.45) is 11.8 Å². The fraction of sp³-hybridized carbons (Fsp3) is 1.00. The SMILES string of the molecule is CCCCOC1C(OCCCC)[C@@H](OCCCC)C(OCCCC)C(ON)[C@@H]1C. The molecule has 4 unspecified atom stereocenters. The molecule has 0 aromatic rings. The largest absolute Gasteiger partial charge is 0.375 e. The second-order valence-electron chi connectivity index (χ2n) is 8.22. The highest BCUT2D eigenvalue weighted by Crippen LogP contribution is 2.35. The maximum absolute atomic E-state index is 6.38. The zero-order chi connectivity index (χ0) is 21.5. The van der Waals surface area contributed by atoms with E-state index < -0.39 is 0 Å². The molecule has 2 N–H and O–H groups in total. The number of rotatable bonds is 17. The van der Waals surface area contributed by atoms with E-state index in [0.29, 0.717) is 26.4 Å². The molecule has 6 heteroatoms. The van der Waals surface area contributed by atoms with E-state index in [-0.39, 0.29) is 36.4 Å². The van der Waals surface area contributed by atoms with Crippen LogP contribution in [-0.2, 0) is 23.8 Å². The molecule has 0 heterocycles. The lowest BCUT2D eigenvalue weighted by Crippen LogP contribution is -2.64. The second kappa shape index (κ2) is 16.5. The molecule has 0 aromatic heterocycles. The van der Waals surface area contributed by atoms with Crippen LogP contribution in [0.1, 0.15) is 86.0 Å². The van der Waals surface area contributed by atoms with Gasteiger partial charge in [-0.2, -0.15) is 0 Å². The van der Waals surface area contributed by atoms with Crippen molar-refractivity contribution in [1.29, 1.82) is 0 Å². The molecule has 1 aliphatic rings. The Morgan fingerprint density at radius 3 is 1.17 bits per heavy atom. The quantitative estimate of drug-likeness (QED) is 0.275. The van der Waals surface area contributed by atoms with Crippen molar-refractivity contribution >= 4 is 0 Å². The number of hydrogen-bond donors (Lipinski definition) is 1. The van der Waals surface area contributed by atoms with Crippen LogP contribution in [0.4, 0.5) is 0 Å². The molecule has 0 spiro atoms. The molecule has 0 amide bonds. The first-order valence-electron chi connectivity index (χ1n) is 12.0. The molecule has 0 radical (unpaired) electrons. The Morgan fingerprint density at radius 1 is 0.517 bits per heavy atom. The molecular weight excluding hydrogens is 370 g/mol. The summed E-state index contributed by atoms with van der Waals surface area (Å²) in [6.45, 7) is 13.6. The van der Waals surface area contributed by atoms with E-state index in [1.807, 2.05) is 0 Å². The topological polar surface area (TPSA) is 72.2 Å². The van der Waals surface area contributed by atoms with E-state index in [1.54, 1.807) is 0 Å². The monoisotopic (exact) mass is 417 g/mol. The third-order valence-electron chi connectivity index (χ3n) is 5.72. The Kier molecular flexibility index (Phi) is 15.2. The summed E-state index contributed by atoms with van der Waals surface area (Å²) in [4.78, 5) is 5.45. The van der Waals surface area contributed by atoms with Crippen molar-refractivity contribution in [3.63, 3.8) is 0 Å². The number of unbranched alkanes of at least 4 members (excludes halogenated alkanes) is 4. The van der Waals surface area contributed by atoms with Crippen molar-refractivity contribution < 1.29 is 23.8 Å². The lowest BCUT2D eigenvalue weighted by Gasteiger charge is -2.48. The van der Waals surface area contributed by atoms with Gasteiger partial charge in [-0.3, -0.25) is 4.84 Å². The van der Waals surface area contributed by atoms with Crippen LogP contribution in [0.15, 0.2) is 0 Å². The molecule has 0 bridgehead atoms. The fourth-order valence-corrected chi connectivity index (χ4v) is 3.82. The summed E-state index contributed by atoms with van der Waals surface area (Å²) in [5.74, 6) is 5.81. The molecule has 0 aliphatic heterocycles. The van der Waals surface area contributed by atoms with Gasteiger partial charge < -0.3 is 18.9 Å². The smallest absolute Gasteiger partial charge is 0.115 e. The Morgan fingerprint density at radius 2 is 0.828 bits per heavy atom. The highest BCUT2D eigenvalue weighted by atomic mass is 16.7. The summed E-state index contributed by atoms with van der Waals surface area (Å²) in [5, 5.41) is 0. The predicted molar refractivity (Wildman–Crippen MR) is 117 cm³/mol. The zero-order valence-electron chi connectivity index (χ0n) is 19.6. The highest BCUT2D eigenvalue weighted by Gasteiger charge is 2.52. The molecular formula is C23H47NO5. The molecule has 1 aliphatic carbocycles. The first-order chi connectivity index (χ1) is 14.2. The number of hydrogen-bond acceptors (Lipinski definition) is 6. The van der Waals surface area contributed by atoms with E-state index in [0.717, 1.165) is 51.4 Å². The molecule has 174 valence electrons. The average molecular weight is 418 g/mol. The summed E-state index contributed by atoms with van der Waals surface area (Å²) < 4.78 is 25.4. The summed E-state index contributed by atoms with van der Waals surface area (Å²) >= 11 is 0. The summed E-state index contributed by atoms with van der Waals surface area (Å²) in [5.41, 5.74) is 0. The van der Waals surface area contributed by atoms with E-state index >= 15 is 0 Å². The molecule has 1 saturated carbocycles. The summed E-state index contributed by atoms with van der Waals surface area (Å²) in [7, 11) is 0. The van der Waals surface area contributed by atoms with Crippen LogP contribution >= 0.6 is 0 Å². The number of nitrogens with two attached hydrogens (primary N) is 1. The van der Waals surface area contributed by atoms with Crippen molar-refractivity contribution in [3.8, 4) is 0 Å². The van der Waals surface area contributed by atoms with Gasteiger partial charge in [0.1, 0.15) is 24.4 Å². The molecule has 6 nitrogen and oxygen atoms in total. The van der Waals surface area contributed by atoms with Gasteiger partial charge >= 0.3 is 0 Å². The van der Waals surface area contributed by atoms with Gasteiger partial charge in [0, 0.05) is 32.3 Å². The molecule has 0 aromatic carbocycles. The lowest BCUT2D eigenvalue weighted by atomic mass is 9.78. The van der Waals surface area contributed by atoms with Crippen molar-refractivity contribution in [3.05, 3.63) is 0 Å². The van der Waals surface area contributed by atoms with Crippen molar-refractivity contribution in [2.45, 2.75) is 117 Å². The Labute approximate surface area is 179 Å². The standard InChI is InChI=1S/C23H47NO5/c1-6-10-14-25-19-18(5)20(29-24)22(27-16-12-8-3)23(28-17-13-9-4)21(19)26-15-11-7-2/h18-23H,6-17,24H2,1-5H3/t18-,19?,20?,21?,22?,23-/m1/s1. The highest BCUT2D eigenvalue weighted by molar-refractivity contribution is 5.01. The van der Waals surface area contributed by atoms with E-state index in [9.17, 15) is 0 Å². The molecule has 29 heavy (non-hydrogen) atoms. The Bertz CT molecular complexity index is 384. The normalized spacial score (nSPS) is 30.0. The van der Waals surface area contributed by atoms with Crippen LogP contribution in [0, 0.1) is 5.92 Å². The van der Waals surface area contributed by atoms with Gasteiger partial charge in [-0.25, -0.2) is 5.90 Å². The summed E-state index contributed by atoms with van der Waals surface area (Å²) in [6, 6.07) is 0. The predicted octanol–water partition coefficient (Wildman–Crippen LogP) is 4.64. The van der Waals surface area contributed by atoms with Crippen molar-refractivity contribution in [1.82, 2.24) is 0 Å². The average Bonchev–Trinajstić information content (AvgIpc) is 2.72. The van der Waals surface area contributed by atoms with Gasteiger partial charge in [0.25, 0.3) is 0 Å². The van der Waals surface area contributed by atoms with Gasteiger partial charge in [0.15, 0.2) is 0 Å². The van der Waals surface area contributed by atoms with E-state index in [1.165, 1.54) is 0 Å². The third kappa shape index (κ3) is 8.80. The molecule has 1 fully saturated rings. The third-order valence-corrected chi connectivity index (χ3v) is 5.72. The second-order valence-corrected chi connectivity index (χ2v) is 8.22. The maximum atomic E-state index is 6.38. The minimum Gasteiger partial charge on any atom is -0.375 e. The van der Waals surface area contributed by atoms with Crippen LogP contribution in [0.2, 0.25) is 0 Å². The van der Waals surface area contributed by atoms with Gasteiger partial charge in [0.2, 0.25) is 0 Å². The number of ether oxygens (including phenoxy) is 4. The Hall–Kier alpha value is -0.240. The van der Waals surface area contributed by atoms with Crippen LogP contribution in [-0.4, -0.2) is 56.9 Å². The molecule has 1 rings (SSSR count). The van der Waals surface area contributed by atoms with E-state index in [4.69, 9.17) is 29.7 Å². The van der Waals surface area contributed by atoms with Gasteiger partial charge in [-0.1, -0.05) is 60.3 Å². The first kappa shape index (κ1) is 26.8. The van der Waals surface area contributed by atoms with E-state index in [2.05, 4.69) is 34.6 Å². The van der Waals surface area contributed by atoms with Gasteiger partial charge in [-0.05, 0) is 25.7 Å². The van der Waals surface area contributed by atoms with Crippen LogP contribution in [0.25, 0.3) is 0 Å². The fourth-order valence-electron chi connectivity index (χ4n) is 3.82. The maximum Gasteiger partial charge on any atom is 0.115 e. The van der Waals surface area contributed by atoms with Crippen LogP contribution in [0.3, 0.4) is 0 Å². The first-order valence-corrected chi connectivity index (χ1v) is 12.0. The van der Waals surface area contributed by atoms with Crippen LogP contribution in [0.5, 0.6) is 0 Å². The summed E-state index contributed by atoms with van der Waals surface area (Å²) in [6.07, 6.45) is 7.33. The lowest BCUT2D eigenvalue weighted by molar-refractivity contribution is -0.259. The van der Waals surface area contributed by atoms with Gasteiger partial charge in [-0.15, -0.1) is 0 Å². The van der Waals surface area contributed by atoms with Crippen LogP contribution < -0.4 is 5.90 Å². The minimum absolute atomic E-state index is 0.0566. The van der Waals surface area contributed by atoms with Gasteiger partial charge in [0.05, 0.1) is 6.10 Å². The molecule has 0 saturated heterocycles. The zero-order valence-corrected chi connectivity index (χ0v) is 19.6. The molecule has 6 atom stereocenters. The van der Waals surface area contributed by atoms with Crippen molar-refractivity contribution in [2.75, 3.05) is 26.4 Å². The Balaban J connectivity index is 3.07.